The van der Waals surface area contributed by atoms with Crippen molar-refractivity contribution in [3.8, 4) is 0 Å². The lowest BCUT2D eigenvalue weighted by Crippen LogP contribution is -2.40. The third-order valence-electron chi connectivity index (χ3n) is 3.50. The number of hydrogen-bond acceptors (Lipinski definition) is 5. The first-order valence-corrected chi connectivity index (χ1v) is 7.86. The van der Waals surface area contributed by atoms with Crippen molar-refractivity contribution in [2.24, 2.45) is 5.92 Å². The van der Waals surface area contributed by atoms with Crippen LogP contribution in [0.25, 0.3) is 0 Å². The predicted molar refractivity (Wildman–Crippen MR) is 87.1 cm³/mol. The van der Waals surface area contributed by atoms with Gasteiger partial charge in [0.15, 0.2) is 5.82 Å². The number of nitrogens with zero attached hydrogens (tertiary/aromatic N) is 1. The van der Waals surface area contributed by atoms with E-state index in [1.807, 2.05) is 6.92 Å². The summed E-state index contributed by atoms with van der Waals surface area (Å²) in [7, 11) is 0. The maximum atomic E-state index is 12.7. The van der Waals surface area contributed by atoms with Gasteiger partial charge in [-0.1, -0.05) is 26.2 Å². The maximum Gasteiger partial charge on any atom is 0.433 e. The number of rotatable bonds is 10. The number of carbonyl (C=O) groups is 2. The van der Waals surface area contributed by atoms with E-state index in [2.05, 4.69) is 21.2 Å². The van der Waals surface area contributed by atoms with E-state index in [0.717, 1.165) is 31.4 Å². The quantitative estimate of drug-likeness (QED) is 0.290. The molecule has 0 saturated carbocycles. The van der Waals surface area contributed by atoms with Crippen LogP contribution in [0.4, 0.5) is 24.7 Å². The summed E-state index contributed by atoms with van der Waals surface area (Å²) in [5, 5.41) is 2.44. The number of amides is 2. The number of unbranched alkanes of at least 4 members (excludes halogenated alkanes) is 2. The van der Waals surface area contributed by atoms with Gasteiger partial charge in [-0.15, -0.1) is 0 Å². The van der Waals surface area contributed by atoms with Crippen LogP contribution in [0.5, 0.6) is 0 Å². The van der Waals surface area contributed by atoms with Gasteiger partial charge in [-0.2, -0.15) is 13.2 Å². The molecule has 1 rings (SSSR count). The second-order valence-electron chi connectivity index (χ2n) is 5.47. The number of nitrogens with one attached hydrogen (secondary N) is 3. The Bertz CT molecular complexity index is 581. The number of hydrogen-bond donors (Lipinski definition) is 4. The summed E-state index contributed by atoms with van der Waals surface area (Å²) in [6.07, 6.45) is -0.907. The first-order chi connectivity index (χ1) is 11.8. The number of pyridine rings is 1. The molecule has 0 spiro atoms. The predicted octanol–water partition coefficient (Wildman–Crippen LogP) is 2.07. The summed E-state index contributed by atoms with van der Waals surface area (Å²) in [6, 6.07) is 1.81. The zero-order valence-electron chi connectivity index (χ0n) is 13.8. The van der Waals surface area contributed by atoms with E-state index in [4.69, 9.17) is 5.73 Å². The van der Waals surface area contributed by atoms with Crippen molar-refractivity contribution < 1.29 is 22.8 Å². The van der Waals surface area contributed by atoms with Crippen LogP contribution in [0.2, 0.25) is 0 Å². The molecule has 10 heteroatoms. The fraction of sp³-hybridized carbons (Fsp3) is 0.533. The molecular weight excluding hydrogens is 339 g/mol. The van der Waals surface area contributed by atoms with Crippen LogP contribution in [-0.4, -0.2) is 23.8 Å². The molecule has 0 radical (unpaired) electrons. The monoisotopic (exact) mass is 361 g/mol. The fourth-order valence-corrected chi connectivity index (χ4v) is 2.11. The van der Waals surface area contributed by atoms with Gasteiger partial charge in [0.25, 0.3) is 0 Å². The summed E-state index contributed by atoms with van der Waals surface area (Å²) in [5.74, 6) is -1.28. The highest BCUT2D eigenvalue weighted by Crippen LogP contribution is 2.29. The Labute approximate surface area is 143 Å². The maximum absolute atomic E-state index is 12.7. The zero-order valence-corrected chi connectivity index (χ0v) is 13.8. The van der Waals surface area contributed by atoms with Crippen molar-refractivity contribution in [3.05, 3.63) is 17.8 Å². The van der Waals surface area contributed by atoms with Crippen molar-refractivity contribution in [2.45, 2.75) is 38.8 Å². The third kappa shape index (κ3) is 6.86. The minimum atomic E-state index is -4.62. The number of halogens is 3. The molecule has 7 nitrogen and oxygen atoms in total. The van der Waals surface area contributed by atoms with Crippen molar-refractivity contribution in [2.75, 3.05) is 17.7 Å². The first-order valence-electron chi connectivity index (χ1n) is 7.86. The molecule has 0 saturated heterocycles. The molecular formula is C15H22F3N5O2. The van der Waals surface area contributed by atoms with Gasteiger partial charge in [-0.3, -0.25) is 20.4 Å². The Kier molecular flexibility index (Phi) is 7.96. The molecule has 1 aromatic rings. The van der Waals surface area contributed by atoms with E-state index in [0.29, 0.717) is 12.8 Å². The topological polar surface area (TPSA) is 109 Å². The van der Waals surface area contributed by atoms with Gasteiger partial charge in [0.1, 0.15) is 5.69 Å². The zero-order chi connectivity index (χ0) is 18.9. The van der Waals surface area contributed by atoms with Gasteiger partial charge in [-0.25, -0.2) is 4.98 Å². The molecule has 140 valence electrons. The van der Waals surface area contributed by atoms with E-state index in [1.54, 1.807) is 0 Å². The van der Waals surface area contributed by atoms with Crippen LogP contribution < -0.4 is 21.9 Å². The Morgan fingerprint density at radius 3 is 2.68 bits per heavy atom. The Morgan fingerprint density at radius 2 is 2.08 bits per heavy atom. The SMILES string of the molecule is CCCCC[C@H](CNC=O)C(=O)NNc1nc(C(F)(F)F)ccc1N. The largest absolute Gasteiger partial charge is 0.433 e. The summed E-state index contributed by atoms with van der Waals surface area (Å²) >= 11 is 0. The summed E-state index contributed by atoms with van der Waals surface area (Å²) < 4.78 is 38.0. The summed E-state index contributed by atoms with van der Waals surface area (Å²) in [5.41, 5.74) is 9.03. The van der Waals surface area contributed by atoms with Crippen LogP contribution in [0.15, 0.2) is 12.1 Å². The highest BCUT2D eigenvalue weighted by molar-refractivity contribution is 5.81. The molecule has 0 bridgehead atoms. The van der Waals surface area contributed by atoms with Gasteiger partial charge < -0.3 is 11.1 Å². The number of aromatic nitrogens is 1. The molecule has 25 heavy (non-hydrogen) atoms. The Hall–Kier alpha value is -2.52. The number of alkyl halides is 3. The van der Waals surface area contributed by atoms with E-state index in [1.165, 1.54) is 0 Å². The average Bonchev–Trinajstić information content (AvgIpc) is 2.56. The number of carbonyl (C=O) groups excluding carboxylic acids is 2. The minimum absolute atomic E-state index is 0.0400. The number of anilines is 2. The fourth-order valence-electron chi connectivity index (χ4n) is 2.11. The van der Waals surface area contributed by atoms with Gasteiger partial charge in [0.05, 0.1) is 11.6 Å². The van der Waals surface area contributed by atoms with E-state index < -0.39 is 23.7 Å². The third-order valence-corrected chi connectivity index (χ3v) is 3.50. The van der Waals surface area contributed by atoms with Crippen molar-refractivity contribution in [1.82, 2.24) is 15.7 Å². The lowest BCUT2D eigenvalue weighted by Gasteiger charge is -2.18. The van der Waals surface area contributed by atoms with Gasteiger partial charge >= 0.3 is 6.18 Å². The Morgan fingerprint density at radius 1 is 1.36 bits per heavy atom. The first kappa shape index (κ1) is 20.5. The Balaban J connectivity index is 2.72. The number of nitrogens with two attached hydrogens (primary N) is 1. The molecule has 1 aromatic heterocycles. The molecule has 1 atom stereocenters. The highest BCUT2D eigenvalue weighted by atomic mass is 19.4. The molecule has 0 fully saturated rings. The second kappa shape index (κ2) is 9.70. The van der Waals surface area contributed by atoms with Gasteiger partial charge in [0, 0.05) is 6.54 Å². The molecule has 0 unspecified atom stereocenters. The van der Waals surface area contributed by atoms with Crippen LogP contribution >= 0.6 is 0 Å². The molecule has 5 N–H and O–H groups in total. The van der Waals surface area contributed by atoms with E-state index in [9.17, 15) is 22.8 Å². The standard InChI is InChI=1S/C15H22F3N5O2/c1-2-3-4-5-10(8-20-9-24)14(25)23-22-13-11(19)6-7-12(21-13)15(16,17)18/h6-7,9-10H,2-5,8,19H2,1H3,(H,20,24)(H,21,22)(H,23,25)/t10-/m1/s1. The molecule has 0 aromatic carbocycles. The number of nitrogen functional groups attached to an aromatic ring is 1. The van der Waals surface area contributed by atoms with Crippen molar-refractivity contribution in [3.63, 3.8) is 0 Å². The molecule has 2 amide bonds. The van der Waals surface area contributed by atoms with E-state index >= 15 is 0 Å². The van der Waals surface area contributed by atoms with Crippen LogP contribution in [0, 0.1) is 5.92 Å². The highest BCUT2D eigenvalue weighted by Gasteiger charge is 2.33. The smallest absolute Gasteiger partial charge is 0.396 e. The summed E-state index contributed by atoms with van der Waals surface area (Å²) in [4.78, 5) is 26.0. The van der Waals surface area contributed by atoms with Crippen LogP contribution in [-0.2, 0) is 15.8 Å². The normalized spacial score (nSPS) is 12.3. The van der Waals surface area contributed by atoms with Crippen molar-refractivity contribution >= 4 is 23.8 Å². The van der Waals surface area contributed by atoms with Gasteiger partial charge in [0.2, 0.25) is 12.3 Å². The lowest BCUT2D eigenvalue weighted by atomic mass is 10.0. The average molecular weight is 361 g/mol. The van der Waals surface area contributed by atoms with Crippen molar-refractivity contribution in [1.29, 1.82) is 0 Å². The second-order valence-corrected chi connectivity index (χ2v) is 5.47. The molecule has 0 aliphatic heterocycles. The number of hydrazine groups is 1. The summed E-state index contributed by atoms with van der Waals surface area (Å²) in [6.45, 7) is 2.15. The molecule has 0 aliphatic carbocycles. The molecule has 0 aliphatic rings. The van der Waals surface area contributed by atoms with Crippen LogP contribution in [0.1, 0.15) is 38.3 Å². The van der Waals surface area contributed by atoms with E-state index in [-0.39, 0.29) is 18.1 Å². The molecule has 1 heterocycles. The minimum Gasteiger partial charge on any atom is -0.396 e. The lowest BCUT2D eigenvalue weighted by molar-refractivity contribution is -0.141. The van der Waals surface area contributed by atoms with Gasteiger partial charge in [-0.05, 0) is 18.6 Å². The van der Waals surface area contributed by atoms with Crippen LogP contribution in [0.3, 0.4) is 0 Å².